The summed E-state index contributed by atoms with van der Waals surface area (Å²) in [4.78, 5) is 13.4. The van der Waals surface area contributed by atoms with Gasteiger partial charge >= 0.3 is 0 Å². The highest BCUT2D eigenvalue weighted by atomic mass is 16.5. The lowest BCUT2D eigenvalue weighted by Gasteiger charge is -2.24. The van der Waals surface area contributed by atoms with Crippen molar-refractivity contribution in [2.24, 2.45) is 0 Å². The summed E-state index contributed by atoms with van der Waals surface area (Å²) < 4.78 is 5.84. The number of rotatable bonds is 3. The maximum atomic E-state index is 11.4. The van der Waals surface area contributed by atoms with Crippen molar-refractivity contribution >= 4 is 17.3 Å². The fourth-order valence-electron chi connectivity index (χ4n) is 3.38. The van der Waals surface area contributed by atoms with E-state index in [1.807, 2.05) is 54.4 Å². The second kappa shape index (κ2) is 4.99. The fraction of sp³-hybridized carbons (Fsp3) is 0.278. The number of nitrogens with zero attached hydrogens (tertiary/aromatic N) is 1. The van der Waals surface area contributed by atoms with Crippen LogP contribution >= 0.6 is 0 Å². The quantitative estimate of drug-likeness (QED) is 0.909. The van der Waals surface area contributed by atoms with Crippen molar-refractivity contribution < 1.29 is 14.6 Å². The van der Waals surface area contributed by atoms with Crippen molar-refractivity contribution in [1.82, 2.24) is 0 Å². The number of para-hydroxylation sites is 1. The first kappa shape index (κ1) is 14.1. The van der Waals surface area contributed by atoms with Crippen LogP contribution in [0.3, 0.4) is 0 Å². The fourth-order valence-corrected chi connectivity index (χ4v) is 3.38. The Morgan fingerprint density at radius 1 is 1.30 bits per heavy atom. The predicted octanol–water partition coefficient (Wildman–Crippen LogP) is 1.90. The van der Waals surface area contributed by atoms with E-state index in [1.54, 1.807) is 0 Å². The average Bonchev–Trinajstić information content (AvgIpc) is 3.03. The van der Waals surface area contributed by atoms with Gasteiger partial charge in [0.1, 0.15) is 18.0 Å². The molecule has 0 spiro atoms. The molecule has 0 saturated carbocycles. The highest BCUT2D eigenvalue weighted by Crippen LogP contribution is 2.38. The normalized spacial score (nSPS) is 21.8. The lowest BCUT2D eigenvalue weighted by Crippen LogP contribution is -2.37. The van der Waals surface area contributed by atoms with Gasteiger partial charge in [0.25, 0.3) is 0 Å². The van der Waals surface area contributed by atoms with Crippen molar-refractivity contribution in [3.8, 4) is 5.75 Å². The number of carbonyl (C=O) groups is 1. The molecule has 5 nitrogen and oxygen atoms in total. The van der Waals surface area contributed by atoms with E-state index in [9.17, 15) is 9.90 Å². The van der Waals surface area contributed by atoms with E-state index < -0.39 is 5.60 Å². The van der Waals surface area contributed by atoms with E-state index in [-0.39, 0.29) is 12.5 Å². The number of benzene rings is 2. The Morgan fingerprint density at radius 2 is 2.13 bits per heavy atom. The van der Waals surface area contributed by atoms with Crippen LogP contribution in [0, 0.1) is 0 Å². The van der Waals surface area contributed by atoms with Gasteiger partial charge in [0, 0.05) is 24.0 Å². The first-order valence-corrected chi connectivity index (χ1v) is 7.64. The molecule has 0 saturated heterocycles. The zero-order valence-electron chi connectivity index (χ0n) is 12.9. The number of carbonyl (C=O) groups excluding carboxylic acids is 1. The van der Waals surface area contributed by atoms with Crippen LogP contribution in [0.15, 0.2) is 42.5 Å². The van der Waals surface area contributed by atoms with Gasteiger partial charge in [-0.2, -0.15) is 0 Å². The van der Waals surface area contributed by atoms with Crippen LogP contribution in [0.25, 0.3) is 0 Å². The lowest BCUT2D eigenvalue weighted by molar-refractivity contribution is -0.115. The zero-order valence-corrected chi connectivity index (χ0v) is 12.9. The third-order valence-corrected chi connectivity index (χ3v) is 4.49. The largest absolute Gasteiger partial charge is 0.490 e. The van der Waals surface area contributed by atoms with Crippen molar-refractivity contribution in [1.29, 1.82) is 0 Å². The van der Waals surface area contributed by atoms with Crippen LogP contribution < -0.4 is 15.0 Å². The molecule has 1 amide bonds. The highest BCUT2D eigenvalue weighted by Gasteiger charge is 2.40. The molecule has 2 aliphatic rings. The van der Waals surface area contributed by atoms with Crippen LogP contribution in [0.4, 0.5) is 11.4 Å². The van der Waals surface area contributed by atoms with Gasteiger partial charge in [-0.25, -0.2) is 0 Å². The third-order valence-electron chi connectivity index (χ3n) is 4.49. The monoisotopic (exact) mass is 310 g/mol. The number of ether oxygens (including phenoxy) is 1. The number of anilines is 2. The highest BCUT2D eigenvalue weighted by molar-refractivity contribution is 5.99. The summed E-state index contributed by atoms with van der Waals surface area (Å²) in [6, 6.07) is 13.4. The molecule has 0 bridgehead atoms. The summed E-state index contributed by atoms with van der Waals surface area (Å²) in [6.45, 7) is 0.672. The van der Waals surface area contributed by atoms with Gasteiger partial charge in [-0.3, -0.25) is 4.79 Å². The summed E-state index contributed by atoms with van der Waals surface area (Å²) in [7, 11) is 1.96. The average molecular weight is 310 g/mol. The van der Waals surface area contributed by atoms with E-state index in [4.69, 9.17) is 4.74 Å². The topological polar surface area (TPSA) is 61.8 Å². The van der Waals surface area contributed by atoms with E-state index in [0.717, 1.165) is 22.5 Å². The van der Waals surface area contributed by atoms with E-state index in [0.29, 0.717) is 18.7 Å². The SMILES string of the molecule is CN1CC(O)(COc2ccc3c(c2)CC(=O)N3)c2ccccc21. The molecule has 1 atom stereocenters. The van der Waals surface area contributed by atoms with Crippen LogP contribution in [0.1, 0.15) is 11.1 Å². The minimum atomic E-state index is -1.03. The molecule has 5 heteroatoms. The number of nitrogens with one attached hydrogen (secondary N) is 1. The maximum absolute atomic E-state index is 11.4. The smallest absolute Gasteiger partial charge is 0.228 e. The van der Waals surface area contributed by atoms with Crippen LogP contribution in [-0.4, -0.2) is 31.2 Å². The van der Waals surface area contributed by atoms with Crippen LogP contribution in [0.5, 0.6) is 5.75 Å². The lowest BCUT2D eigenvalue weighted by atomic mass is 9.97. The Labute approximate surface area is 134 Å². The van der Waals surface area contributed by atoms with E-state index >= 15 is 0 Å². The van der Waals surface area contributed by atoms with Gasteiger partial charge < -0.3 is 20.1 Å². The van der Waals surface area contributed by atoms with E-state index in [1.165, 1.54) is 0 Å². The molecule has 2 heterocycles. The second-order valence-corrected chi connectivity index (χ2v) is 6.24. The summed E-state index contributed by atoms with van der Waals surface area (Å²) in [6.07, 6.45) is 0.377. The number of hydrogen-bond acceptors (Lipinski definition) is 4. The molecule has 2 aliphatic heterocycles. The van der Waals surface area contributed by atoms with Gasteiger partial charge in [-0.1, -0.05) is 18.2 Å². The molecule has 2 aromatic rings. The molecule has 23 heavy (non-hydrogen) atoms. The first-order valence-electron chi connectivity index (χ1n) is 7.64. The number of aliphatic hydroxyl groups is 1. The van der Waals surface area contributed by atoms with Crippen molar-refractivity contribution in [3.63, 3.8) is 0 Å². The molecule has 118 valence electrons. The third kappa shape index (κ3) is 2.33. The van der Waals surface area contributed by atoms with E-state index in [2.05, 4.69) is 5.32 Å². The van der Waals surface area contributed by atoms with Crippen molar-refractivity contribution in [2.75, 3.05) is 30.4 Å². The van der Waals surface area contributed by atoms with Crippen LogP contribution in [-0.2, 0) is 16.8 Å². The zero-order chi connectivity index (χ0) is 16.0. The number of hydrogen-bond donors (Lipinski definition) is 2. The Hall–Kier alpha value is -2.53. The molecule has 1 unspecified atom stereocenters. The molecule has 2 N–H and O–H groups in total. The van der Waals surface area contributed by atoms with Gasteiger partial charge in [-0.15, -0.1) is 0 Å². The molecular weight excluding hydrogens is 292 g/mol. The van der Waals surface area contributed by atoms with Crippen molar-refractivity contribution in [3.05, 3.63) is 53.6 Å². The van der Waals surface area contributed by atoms with Gasteiger partial charge in [0.2, 0.25) is 5.91 Å². The number of fused-ring (bicyclic) bond motifs is 2. The standard InChI is InChI=1S/C18H18N2O3/c1-20-10-18(22,14-4-2-3-5-16(14)20)11-23-13-6-7-15-12(8-13)9-17(21)19-15/h2-8,22H,9-11H2,1H3,(H,19,21). The van der Waals surface area contributed by atoms with Crippen LogP contribution in [0.2, 0.25) is 0 Å². The number of likely N-dealkylation sites (N-methyl/N-ethyl adjacent to an activating group) is 1. The summed E-state index contributed by atoms with van der Waals surface area (Å²) in [5.41, 5.74) is 2.66. The molecule has 0 aromatic heterocycles. The number of amides is 1. The van der Waals surface area contributed by atoms with Gasteiger partial charge in [-0.05, 0) is 29.8 Å². The van der Waals surface area contributed by atoms with Gasteiger partial charge in [0.15, 0.2) is 0 Å². The minimum Gasteiger partial charge on any atom is -0.490 e. The first-order chi connectivity index (χ1) is 11.0. The van der Waals surface area contributed by atoms with Crippen molar-refractivity contribution in [2.45, 2.75) is 12.0 Å². The predicted molar refractivity (Wildman–Crippen MR) is 87.9 cm³/mol. The molecule has 2 aromatic carbocycles. The Balaban J connectivity index is 1.54. The molecular formula is C18H18N2O3. The molecule has 0 aliphatic carbocycles. The Kier molecular flexibility index (Phi) is 3.06. The Bertz CT molecular complexity index is 790. The Morgan fingerprint density at radius 3 is 3.00 bits per heavy atom. The molecule has 4 rings (SSSR count). The summed E-state index contributed by atoms with van der Waals surface area (Å²) in [5.74, 6) is 0.669. The minimum absolute atomic E-state index is 0.00197. The second-order valence-electron chi connectivity index (χ2n) is 6.24. The molecule has 0 fully saturated rings. The summed E-state index contributed by atoms with van der Waals surface area (Å²) >= 11 is 0. The van der Waals surface area contributed by atoms with Gasteiger partial charge in [0.05, 0.1) is 13.0 Å². The maximum Gasteiger partial charge on any atom is 0.228 e. The number of β-amino-alcohol motifs (C(OH)–C–C–N with tert-alkyl or cyclic N) is 1. The summed E-state index contributed by atoms with van der Waals surface area (Å²) in [5, 5.41) is 13.8. The molecule has 0 radical (unpaired) electrons.